The average Bonchev–Trinajstić information content (AvgIpc) is 3.05. The van der Waals surface area contributed by atoms with Crippen molar-refractivity contribution < 1.29 is 4.79 Å². The van der Waals surface area contributed by atoms with Gasteiger partial charge in [0.15, 0.2) is 5.78 Å². The number of aryl methyl sites for hydroxylation is 1. The van der Waals surface area contributed by atoms with Crippen LogP contribution in [0.5, 0.6) is 0 Å². The molecule has 1 aliphatic carbocycles. The minimum atomic E-state index is 0.0225. The number of rotatable bonds is 5. The zero-order chi connectivity index (χ0) is 11.5. The van der Waals surface area contributed by atoms with Crippen molar-refractivity contribution >= 4 is 11.6 Å². The molecule has 0 bridgehead atoms. The molecule has 0 aromatic carbocycles. The number of Topliss-reactive ketones (excluding diaryl/α,β-unsaturated/α-hetero) is 1. The van der Waals surface area contributed by atoms with Crippen LogP contribution in [0.3, 0.4) is 0 Å². The third kappa shape index (κ3) is 2.79. The summed E-state index contributed by atoms with van der Waals surface area (Å²) in [5.41, 5.74) is 7.16. The lowest BCUT2D eigenvalue weighted by atomic mass is 10.1. The van der Waals surface area contributed by atoms with Gasteiger partial charge in [0.2, 0.25) is 0 Å². The number of hydrogen-bond donors (Lipinski definition) is 2. The maximum atomic E-state index is 11.8. The van der Waals surface area contributed by atoms with Crippen LogP contribution in [0.15, 0.2) is 12.3 Å². The molecule has 0 spiro atoms. The molecular weight excluding hydrogens is 202 g/mol. The number of aromatic nitrogens is 1. The molecule has 0 aliphatic heterocycles. The second-order valence-electron chi connectivity index (χ2n) is 4.44. The first-order chi connectivity index (χ1) is 7.66. The predicted molar refractivity (Wildman–Crippen MR) is 63.3 cm³/mol. The van der Waals surface area contributed by atoms with Crippen LogP contribution in [0.25, 0.3) is 0 Å². The number of carbonyl (C=O) groups is 1. The lowest BCUT2D eigenvalue weighted by Gasteiger charge is -2.06. The monoisotopic (exact) mass is 219 g/mol. The van der Waals surface area contributed by atoms with Gasteiger partial charge in [-0.1, -0.05) is 0 Å². The number of nitrogens with zero attached hydrogens (tertiary/aromatic N) is 1. The third-order valence-corrected chi connectivity index (χ3v) is 2.77. The van der Waals surface area contributed by atoms with E-state index >= 15 is 0 Å². The normalized spacial score (nSPS) is 15.1. The first-order valence-corrected chi connectivity index (χ1v) is 5.63. The van der Waals surface area contributed by atoms with Gasteiger partial charge in [-0.25, -0.2) is 4.98 Å². The molecule has 0 saturated heterocycles. The fraction of sp³-hybridized carbons (Fsp3) is 0.500. The maximum Gasteiger partial charge on any atom is 0.180 e. The zero-order valence-corrected chi connectivity index (χ0v) is 9.49. The Bertz CT molecular complexity index is 399. The van der Waals surface area contributed by atoms with E-state index in [1.807, 2.05) is 6.92 Å². The lowest BCUT2D eigenvalue weighted by molar-refractivity contribution is 0.0991. The number of ketones is 1. The highest BCUT2D eigenvalue weighted by Gasteiger charge is 2.21. The Kier molecular flexibility index (Phi) is 3.19. The van der Waals surface area contributed by atoms with Crippen LogP contribution in [0.1, 0.15) is 28.8 Å². The van der Waals surface area contributed by atoms with Gasteiger partial charge in [0.1, 0.15) is 5.82 Å². The Morgan fingerprint density at radius 2 is 2.38 bits per heavy atom. The molecule has 1 aliphatic rings. The lowest BCUT2D eigenvalue weighted by Crippen LogP contribution is -2.25. The fourth-order valence-electron chi connectivity index (χ4n) is 1.61. The molecule has 1 aromatic heterocycles. The second kappa shape index (κ2) is 4.61. The van der Waals surface area contributed by atoms with Crippen molar-refractivity contribution in [2.24, 2.45) is 5.92 Å². The highest BCUT2D eigenvalue weighted by Crippen LogP contribution is 2.27. The molecule has 4 nitrogen and oxygen atoms in total. The van der Waals surface area contributed by atoms with Crippen LogP contribution in [0.2, 0.25) is 0 Å². The van der Waals surface area contributed by atoms with Crippen molar-refractivity contribution in [3.05, 3.63) is 23.4 Å². The molecule has 2 rings (SSSR count). The van der Waals surface area contributed by atoms with Crippen LogP contribution in [-0.2, 0) is 0 Å². The third-order valence-electron chi connectivity index (χ3n) is 2.77. The molecule has 86 valence electrons. The van der Waals surface area contributed by atoms with Gasteiger partial charge in [-0.15, -0.1) is 0 Å². The van der Waals surface area contributed by atoms with E-state index < -0.39 is 0 Å². The van der Waals surface area contributed by atoms with Crippen molar-refractivity contribution in [1.82, 2.24) is 10.3 Å². The second-order valence-corrected chi connectivity index (χ2v) is 4.44. The SMILES string of the molecule is Cc1cnc(N)c(C(=O)CNCC2CC2)c1. The minimum absolute atomic E-state index is 0.0225. The Balaban J connectivity index is 1.93. The van der Waals surface area contributed by atoms with E-state index in [0.717, 1.165) is 18.0 Å². The summed E-state index contributed by atoms with van der Waals surface area (Å²) in [4.78, 5) is 15.8. The summed E-state index contributed by atoms with van der Waals surface area (Å²) < 4.78 is 0. The highest BCUT2D eigenvalue weighted by molar-refractivity contribution is 6.01. The summed E-state index contributed by atoms with van der Waals surface area (Å²) in [6, 6.07) is 1.80. The molecule has 3 N–H and O–H groups in total. The molecule has 1 saturated carbocycles. The average molecular weight is 219 g/mol. The van der Waals surface area contributed by atoms with Crippen molar-refractivity contribution in [3.63, 3.8) is 0 Å². The van der Waals surface area contributed by atoms with Crippen LogP contribution in [0, 0.1) is 12.8 Å². The van der Waals surface area contributed by atoms with Crippen molar-refractivity contribution in [1.29, 1.82) is 0 Å². The standard InChI is InChI=1S/C12H17N3O/c1-8-4-10(12(13)15-5-8)11(16)7-14-6-9-2-3-9/h4-5,9,14H,2-3,6-7H2,1H3,(H2,13,15). The zero-order valence-electron chi connectivity index (χ0n) is 9.49. The number of nitrogen functional groups attached to an aromatic ring is 1. The number of pyridine rings is 1. The molecule has 1 fully saturated rings. The number of hydrogen-bond acceptors (Lipinski definition) is 4. The maximum absolute atomic E-state index is 11.8. The summed E-state index contributed by atoms with van der Waals surface area (Å²) in [5, 5.41) is 3.16. The molecule has 0 unspecified atom stereocenters. The fourth-order valence-corrected chi connectivity index (χ4v) is 1.61. The minimum Gasteiger partial charge on any atom is -0.383 e. The Morgan fingerprint density at radius 1 is 1.62 bits per heavy atom. The van der Waals surface area contributed by atoms with Crippen LogP contribution in [0.4, 0.5) is 5.82 Å². The van der Waals surface area contributed by atoms with Gasteiger partial charge < -0.3 is 11.1 Å². The van der Waals surface area contributed by atoms with Gasteiger partial charge in [0.05, 0.1) is 12.1 Å². The Labute approximate surface area is 95.3 Å². The van der Waals surface area contributed by atoms with Gasteiger partial charge in [0.25, 0.3) is 0 Å². The van der Waals surface area contributed by atoms with E-state index in [0.29, 0.717) is 17.9 Å². The van der Waals surface area contributed by atoms with Crippen LogP contribution < -0.4 is 11.1 Å². The van der Waals surface area contributed by atoms with E-state index in [2.05, 4.69) is 10.3 Å². The molecule has 0 amide bonds. The molecule has 4 heteroatoms. The molecule has 1 heterocycles. The van der Waals surface area contributed by atoms with Gasteiger partial charge in [-0.2, -0.15) is 0 Å². The Hall–Kier alpha value is -1.42. The predicted octanol–water partition coefficient (Wildman–Crippen LogP) is 1.15. The first-order valence-electron chi connectivity index (χ1n) is 5.63. The van der Waals surface area contributed by atoms with Crippen molar-refractivity contribution in [2.75, 3.05) is 18.8 Å². The van der Waals surface area contributed by atoms with Crippen LogP contribution in [-0.4, -0.2) is 23.9 Å². The van der Waals surface area contributed by atoms with E-state index in [9.17, 15) is 4.79 Å². The molecular formula is C12H17N3O. The quantitative estimate of drug-likeness (QED) is 0.729. The number of carbonyl (C=O) groups excluding carboxylic acids is 1. The van der Waals surface area contributed by atoms with E-state index in [4.69, 9.17) is 5.73 Å². The van der Waals surface area contributed by atoms with Gasteiger partial charge in [-0.05, 0) is 43.9 Å². The largest absolute Gasteiger partial charge is 0.383 e. The van der Waals surface area contributed by atoms with Crippen molar-refractivity contribution in [3.8, 4) is 0 Å². The summed E-state index contributed by atoms with van der Waals surface area (Å²) in [6.07, 6.45) is 4.24. The van der Waals surface area contributed by atoms with Gasteiger partial charge >= 0.3 is 0 Å². The summed E-state index contributed by atoms with van der Waals surface area (Å²) in [6.45, 7) is 3.19. The van der Waals surface area contributed by atoms with Crippen molar-refractivity contribution in [2.45, 2.75) is 19.8 Å². The van der Waals surface area contributed by atoms with E-state index in [1.165, 1.54) is 12.8 Å². The first kappa shape index (κ1) is 11.1. The number of nitrogens with two attached hydrogens (primary N) is 1. The van der Waals surface area contributed by atoms with Gasteiger partial charge in [-0.3, -0.25) is 4.79 Å². The van der Waals surface area contributed by atoms with Gasteiger partial charge in [0, 0.05) is 6.20 Å². The van der Waals surface area contributed by atoms with Crippen LogP contribution >= 0.6 is 0 Å². The summed E-state index contributed by atoms with van der Waals surface area (Å²) in [5.74, 6) is 1.12. The summed E-state index contributed by atoms with van der Waals surface area (Å²) in [7, 11) is 0. The Morgan fingerprint density at radius 3 is 3.06 bits per heavy atom. The van der Waals surface area contributed by atoms with E-state index in [1.54, 1.807) is 12.3 Å². The molecule has 1 aromatic rings. The molecule has 0 radical (unpaired) electrons. The summed E-state index contributed by atoms with van der Waals surface area (Å²) >= 11 is 0. The molecule has 16 heavy (non-hydrogen) atoms. The number of anilines is 1. The highest BCUT2D eigenvalue weighted by atomic mass is 16.1. The molecule has 0 atom stereocenters. The van der Waals surface area contributed by atoms with E-state index in [-0.39, 0.29) is 5.78 Å². The smallest absolute Gasteiger partial charge is 0.180 e. The topological polar surface area (TPSA) is 68.0 Å². The number of nitrogens with one attached hydrogen (secondary N) is 1.